The van der Waals surface area contributed by atoms with Crippen LogP contribution in [0.25, 0.3) is 17.0 Å². The van der Waals surface area contributed by atoms with E-state index in [0.717, 1.165) is 37.1 Å². The minimum Gasteiger partial charge on any atom is -0.495 e. The maximum atomic E-state index is 13.0. The molecule has 31 heavy (non-hydrogen) atoms. The Morgan fingerprint density at radius 2 is 2.06 bits per heavy atom. The summed E-state index contributed by atoms with van der Waals surface area (Å²) in [5.41, 5.74) is 2.64. The van der Waals surface area contributed by atoms with E-state index >= 15 is 0 Å². The van der Waals surface area contributed by atoms with Gasteiger partial charge < -0.3 is 14.8 Å². The molecule has 0 unspecified atom stereocenters. The first-order chi connectivity index (χ1) is 15.2. The minimum absolute atomic E-state index is 0.185. The van der Waals surface area contributed by atoms with Crippen molar-refractivity contribution in [1.82, 2.24) is 20.4 Å². The van der Waals surface area contributed by atoms with Crippen molar-refractivity contribution < 1.29 is 14.3 Å². The third-order valence-electron chi connectivity index (χ3n) is 5.51. The molecule has 0 atom stereocenters. The van der Waals surface area contributed by atoms with Crippen LogP contribution >= 0.6 is 0 Å². The van der Waals surface area contributed by atoms with Crippen molar-refractivity contribution in [2.45, 2.75) is 0 Å². The zero-order valence-corrected chi connectivity index (χ0v) is 17.2. The van der Waals surface area contributed by atoms with Gasteiger partial charge in [-0.15, -0.1) is 0 Å². The SMILES string of the molecule is COc1ccc2c(c1C#CCN1CCNCC1)OC(=Cc1n[nH]c3ccccc13)C2=O. The molecule has 0 aliphatic carbocycles. The fourth-order valence-corrected chi connectivity index (χ4v) is 3.85. The van der Waals surface area contributed by atoms with Crippen molar-refractivity contribution in [3.05, 3.63) is 59.0 Å². The number of ketones is 1. The predicted molar refractivity (Wildman–Crippen MR) is 118 cm³/mol. The molecule has 7 heteroatoms. The summed E-state index contributed by atoms with van der Waals surface area (Å²) >= 11 is 0. The highest BCUT2D eigenvalue weighted by molar-refractivity contribution is 6.15. The molecule has 0 spiro atoms. The van der Waals surface area contributed by atoms with Crippen LogP contribution in [0.4, 0.5) is 0 Å². The molecule has 1 aromatic heterocycles. The van der Waals surface area contributed by atoms with E-state index < -0.39 is 0 Å². The normalized spacial score (nSPS) is 17.3. The Balaban J connectivity index is 1.47. The summed E-state index contributed by atoms with van der Waals surface area (Å²) in [5.74, 6) is 7.47. The predicted octanol–water partition coefficient (Wildman–Crippen LogP) is 2.44. The second kappa shape index (κ2) is 8.26. The summed E-state index contributed by atoms with van der Waals surface area (Å²) in [6.45, 7) is 4.54. The molecule has 2 aliphatic heterocycles. The van der Waals surface area contributed by atoms with Crippen LogP contribution in [0, 0.1) is 11.8 Å². The Morgan fingerprint density at radius 1 is 1.23 bits per heavy atom. The van der Waals surface area contributed by atoms with Gasteiger partial charge in [-0.25, -0.2) is 0 Å². The summed E-state index contributed by atoms with van der Waals surface area (Å²) < 4.78 is 11.5. The Bertz CT molecular complexity index is 1240. The fourth-order valence-electron chi connectivity index (χ4n) is 3.85. The van der Waals surface area contributed by atoms with E-state index in [2.05, 4.69) is 32.3 Å². The van der Waals surface area contributed by atoms with Crippen LogP contribution in [-0.4, -0.2) is 60.7 Å². The zero-order chi connectivity index (χ0) is 21.2. The number of nitrogens with zero attached hydrogens (tertiary/aromatic N) is 2. The van der Waals surface area contributed by atoms with Crippen molar-refractivity contribution in [1.29, 1.82) is 0 Å². The van der Waals surface area contributed by atoms with Crippen molar-refractivity contribution in [2.75, 3.05) is 39.8 Å². The molecule has 0 amide bonds. The average molecular weight is 414 g/mol. The van der Waals surface area contributed by atoms with Gasteiger partial charge in [-0.3, -0.25) is 14.8 Å². The van der Waals surface area contributed by atoms with E-state index in [0.29, 0.717) is 34.9 Å². The highest BCUT2D eigenvalue weighted by Gasteiger charge is 2.31. The summed E-state index contributed by atoms with van der Waals surface area (Å²) in [6.07, 6.45) is 1.67. The summed E-state index contributed by atoms with van der Waals surface area (Å²) in [6, 6.07) is 11.2. The molecule has 2 N–H and O–H groups in total. The topological polar surface area (TPSA) is 79.5 Å². The zero-order valence-electron chi connectivity index (χ0n) is 17.2. The minimum atomic E-state index is -0.185. The third-order valence-corrected chi connectivity index (χ3v) is 5.51. The lowest BCUT2D eigenvalue weighted by Crippen LogP contribution is -2.43. The van der Waals surface area contributed by atoms with Gasteiger partial charge in [-0.2, -0.15) is 5.10 Å². The largest absolute Gasteiger partial charge is 0.495 e. The van der Waals surface area contributed by atoms with E-state index in [1.807, 2.05) is 24.3 Å². The summed E-state index contributed by atoms with van der Waals surface area (Å²) in [5, 5.41) is 11.6. The van der Waals surface area contributed by atoms with Gasteiger partial charge in [0, 0.05) is 37.6 Å². The quantitative estimate of drug-likeness (QED) is 0.506. The molecule has 0 saturated carbocycles. The highest BCUT2D eigenvalue weighted by atomic mass is 16.5. The molecular weight excluding hydrogens is 392 g/mol. The van der Waals surface area contributed by atoms with E-state index in [1.54, 1.807) is 25.3 Å². The Morgan fingerprint density at radius 3 is 2.90 bits per heavy atom. The first-order valence-corrected chi connectivity index (χ1v) is 10.2. The van der Waals surface area contributed by atoms with Crippen LogP contribution in [0.15, 0.2) is 42.2 Å². The monoisotopic (exact) mass is 414 g/mol. The van der Waals surface area contributed by atoms with Gasteiger partial charge in [0.2, 0.25) is 5.78 Å². The lowest BCUT2D eigenvalue weighted by Gasteiger charge is -2.24. The van der Waals surface area contributed by atoms with E-state index in [1.165, 1.54) is 0 Å². The molecule has 5 rings (SSSR count). The number of fused-ring (bicyclic) bond motifs is 2. The number of Topliss-reactive ketones (excluding diaryl/α,β-unsaturated/α-hetero) is 1. The average Bonchev–Trinajstić information content (AvgIpc) is 3.36. The number of ether oxygens (including phenoxy) is 2. The third kappa shape index (κ3) is 3.67. The van der Waals surface area contributed by atoms with Crippen LogP contribution in [0.1, 0.15) is 21.6 Å². The van der Waals surface area contributed by atoms with Gasteiger partial charge >= 0.3 is 0 Å². The van der Waals surface area contributed by atoms with Gasteiger partial charge in [0.25, 0.3) is 0 Å². The fraction of sp³-hybridized carbons (Fsp3) is 0.250. The van der Waals surface area contributed by atoms with Crippen molar-refractivity contribution in [3.8, 4) is 23.3 Å². The van der Waals surface area contributed by atoms with E-state index in [4.69, 9.17) is 9.47 Å². The number of nitrogens with one attached hydrogen (secondary N) is 2. The lowest BCUT2D eigenvalue weighted by molar-refractivity contribution is 0.101. The number of methoxy groups -OCH3 is 1. The molecule has 3 heterocycles. The molecule has 156 valence electrons. The maximum Gasteiger partial charge on any atom is 0.232 e. The van der Waals surface area contributed by atoms with Gasteiger partial charge in [0.15, 0.2) is 11.5 Å². The number of hydrogen-bond acceptors (Lipinski definition) is 6. The van der Waals surface area contributed by atoms with Crippen LogP contribution in [0.3, 0.4) is 0 Å². The number of carbonyl (C=O) groups is 1. The number of aromatic nitrogens is 2. The molecule has 0 bridgehead atoms. The van der Waals surface area contributed by atoms with Gasteiger partial charge in [0.1, 0.15) is 11.3 Å². The smallest absolute Gasteiger partial charge is 0.232 e. The summed E-state index contributed by atoms with van der Waals surface area (Å²) in [7, 11) is 1.59. The number of piperazine rings is 1. The number of benzene rings is 2. The van der Waals surface area contributed by atoms with Gasteiger partial charge in [0.05, 0.1) is 30.4 Å². The first-order valence-electron chi connectivity index (χ1n) is 10.2. The second-order valence-electron chi connectivity index (χ2n) is 7.44. The highest BCUT2D eigenvalue weighted by Crippen LogP contribution is 2.39. The molecule has 7 nitrogen and oxygen atoms in total. The van der Waals surface area contributed by atoms with Crippen LogP contribution in [0.5, 0.6) is 11.5 Å². The molecular formula is C24H22N4O3. The molecule has 2 aromatic carbocycles. The maximum absolute atomic E-state index is 13.0. The van der Waals surface area contributed by atoms with E-state index in [9.17, 15) is 4.79 Å². The number of rotatable bonds is 3. The standard InChI is InChI=1S/C24H22N4O3/c1-30-21-9-8-18-23(29)22(15-20-16-5-2-3-7-19(16)26-27-20)31-24(18)17(21)6-4-12-28-13-10-25-11-14-28/h2-3,5,7-9,15,25H,10-14H2,1H3,(H,26,27). The number of para-hydroxylation sites is 1. The lowest BCUT2D eigenvalue weighted by atomic mass is 10.1. The van der Waals surface area contributed by atoms with Gasteiger partial charge in [-0.05, 0) is 18.2 Å². The number of H-pyrrole nitrogens is 1. The second-order valence-corrected chi connectivity index (χ2v) is 7.44. The Hall–Kier alpha value is -3.60. The molecule has 1 saturated heterocycles. The van der Waals surface area contributed by atoms with Crippen molar-refractivity contribution in [2.24, 2.45) is 0 Å². The van der Waals surface area contributed by atoms with Crippen molar-refractivity contribution in [3.63, 3.8) is 0 Å². The molecule has 3 aromatic rings. The van der Waals surface area contributed by atoms with Crippen LogP contribution in [0.2, 0.25) is 0 Å². The summed E-state index contributed by atoms with van der Waals surface area (Å²) in [4.78, 5) is 15.3. The Kier molecular flexibility index (Phi) is 5.16. The molecule has 0 radical (unpaired) electrons. The van der Waals surface area contributed by atoms with Crippen LogP contribution in [-0.2, 0) is 0 Å². The van der Waals surface area contributed by atoms with E-state index in [-0.39, 0.29) is 11.5 Å². The number of hydrogen-bond donors (Lipinski definition) is 2. The molecule has 2 aliphatic rings. The number of aromatic amines is 1. The number of allylic oxidation sites excluding steroid dienone is 1. The molecule has 1 fully saturated rings. The van der Waals surface area contributed by atoms with Crippen LogP contribution < -0.4 is 14.8 Å². The number of carbonyl (C=O) groups excluding carboxylic acids is 1. The van der Waals surface area contributed by atoms with Gasteiger partial charge in [-0.1, -0.05) is 30.0 Å². The Labute approximate surface area is 180 Å². The van der Waals surface area contributed by atoms with Crippen molar-refractivity contribution >= 4 is 22.8 Å². The first kappa shape index (κ1) is 19.4.